The molecular weight excluding hydrogens is 174 g/mol. The summed E-state index contributed by atoms with van der Waals surface area (Å²) in [5.74, 6) is 0.184. The van der Waals surface area contributed by atoms with Gasteiger partial charge in [0.2, 0.25) is 10.0 Å². The maximum atomic E-state index is 11.5. The van der Waals surface area contributed by atoms with Gasteiger partial charge in [0.15, 0.2) is 0 Å². The first-order chi connectivity index (χ1) is 5.33. The van der Waals surface area contributed by atoms with Gasteiger partial charge in [0.1, 0.15) is 0 Å². The standard InChI is InChI=1S/C8H19NO2S/c1-6-12(10,11)9(7(2)3)8(4)5/h7-8H,6H2,1-5H3. The molecule has 0 aliphatic heterocycles. The molecule has 0 N–H and O–H groups in total. The summed E-state index contributed by atoms with van der Waals surface area (Å²) >= 11 is 0. The SMILES string of the molecule is CCS(=O)(=O)N(C(C)C)C(C)C. The average Bonchev–Trinajstić information content (AvgIpc) is 1.84. The Morgan fingerprint density at radius 3 is 1.50 bits per heavy atom. The van der Waals surface area contributed by atoms with Crippen LogP contribution in [0.4, 0.5) is 0 Å². The molecule has 0 atom stereocenters. The average molecular weight is 193 g/mol. The molecule has 0 aromatic rings. The summed E-state index contributed by atoms with van der Waals surface area (Å²) in [7, 11) is -3.03. The second kappa shape index (κ2) is 4.23. The Kier molecular flexibility index (Phi) is 4.20. The summed E-state index contributed by atoms with van der Waals surface area (Å²) in [6.07, 6.45) is 0. The Labute approximate surface area is 75.8 Å². The number of hydrogen-bond acceptors (Lipinski definition) is 2. The second-order valence-corrected chi connectivity index (χ2v) is 5.58. The molecule has 0 spiro atoms. The molecule has 0 aromatic carbocycles. The van der Waals surface area contributed by atoms with Gasteiger partial charge in [-0.3, -0.25) is 0 Å². The minimum absolute atomic E-state index is 0.0509. The van der Waals surface area contributed by atoms with Crippen molar-refractivity contribution in [1.82, 2.24) is 4.31 Å². The predicted molar refractivity (Wildman–Crippen MR) is 51.6 cm³/mol. The van der Waals surface area contributed by atoms with Crippen molar-refractivity contribution in [3.8, 4) is 0 Å². The van der Waals surface area contributed by atoms with E-state index in [1.807, 2.05) is 27.7 Å². The van der Waals surface area contributed by atoms with Crippen molar-refractivity contribution in [2.45, 2.75) is 46.7 Å². The Morgan fingerprint density at radius 1 is 1.08 bits per heavy atom. The van der Waals surface area contributed by atoms with Gasteiger partial charge in [0, 0.05) is 12.1 Å². The lowest BCUT2D eigenvalue weighted by Gasteiger charge is -2.28. The molecule has 74 valence electrons. The first-order valence-electron chi connectivity index (χ1n) is 4.34. The second-order valence-electron chi connectivity index (χ2n) is 3.42. The Balaban J connectivity index is 4.76. The van der Waals surface area contributed by atoms with Gasteiger partial charge >= 0.3 is 0 Å². The highest BCUT2D eigenvalue weighted by atomic mass is 32.2. The largest absolute Gasteiger partial charge is 0.214 e. The van der Waals surface area contributed by atoms with Gasteiger partial charge < -0.3 is 0 Å². The normalized spacial score (nSPS) is 13.3. The van der Waals surface area contributed by atoms with E-state index in [4.69, 9.17) is 0 Å². The fourth-order valence-corrected chi connectivity index (χ4v) is 2.97. The van der Waals surface area contributed by atoms with Crippen LogP contribution >= 0.6 is 0 Å². The first kappa shape index (κ1) is 11.9. The third-order valence-electron chi connectivity index (χ3n) is 1.70. The molecule has 0 aliphatic carbocycles. The maximum absolute atomic E-state index is 11.5. The van der Waals surface area contributed by atoms with Gasteiger partial charge in [0.05, 0.1) is 5.75 Å². The molecule has 0 saturated carbocycles. The fraction of sp³-hybridized carbons (Fsp3) is 1.00. The van der Waals surface area contributed by atoms with Crippen LogP contribution in [0.2, 0.25) is 0 Å². The van der Waals surface area contributed by atoms with Crippen LogP contribution in [0.25, 0.3) is 0 Å². The Hall–Kier alpha value is -0.0900. The quantitative estimate of drug-likeness (QED) is 0.677. The fourth-order valence-electron chi connectivity index (χ4n) is 1.39. The van der Waals surface area contributed by atoms with E-state index in [0.717, 1.165) is 0 Å². The molecule has 4 heteroatoms. The highest BCUT2D eigenvalue weighted by molar-refractivity contribution is 7.89. The molecule has 0 radical (unpaired) electrons. The maximum Gasteiger partial charge on any atom is 0.214 e. The zero-order valence-corrected chi connectivity index (χ0v) is 9.35. The zero-order valence-electron chi connectivity index (χ0n) is 8.53. The zero-order chi connectivity index (χ0) is 9.94. The van der Waals surface area contributed by atoms with E-state index < -0.39 is 10.0 Å². The number of hydrogen-bond donors (Lipinski definition) is 0. The molecule has 0 fully saturated rings. The smallest absolute Gasteiger partial charge is 0.212 e. The van der Waals surface area contributed by atoms with Crippen LogP contribution in [0.3, 0.4) is 0 Å². The third kappa shape index (κ3) is 2.75. The molecule has 0 aromatic heterocycles. The van der Waals surface area contributed by atoms with E-state index in [2.05, 4.69) is 0 Å². The number of sulfonamides is 1. The van der Waals surface area contributed by atoms with Crippen molar-refractivity contribution in [1.29, 1.82) is 0 Å². The van der Waals surface area contributed by atoms with Gasteiger partial charge in [-0.15, -0.1) is 0 Å². The van der Waals surface area contributed by atoms with Crippen molar-refractivity contribution >= 4 is 10.0 Å². The monoisotopic (exact) mass is 193 g/mol. The van der Waals surface area contributed by atoms with Crippen LogP contribution in [-0.4, -0.2) is 30.6 Å². The van der Waals surface area contributed by atoms with Gasteiger partial charge in [-0.25, -0.2) is 8.42 Å². The summed E-state index contributed by atoms with van der Waals surface area (Å²) in [4.78, 5) is 0. The topological polar surface area (TPSA) is 37.4 Å². The summed E-state index contributed by atoms with van der Waals surface area (Å²) in [5.41, 5.74) is 0. The lowest BCUT2D eigenvalue weighted by molar-refractivity contribution is 0.303. The third-order valence-corrected chi connectivity index (χ3v) is 3.92. The summed E-state index contributed by atoms with van der Waals surface area (Å²) in [6.45, 7) is 9.26. The summed E-state index contributed by atoms with van der Waals surface area (Å²) < 4.78 is 24.6. The van der Waals surface area contributed by atoms with E-state index in [9.17, 15) is 8.42 Å². The van der Waals surface area contributed by atoms with Crippen LogP contribution in [-0.2, 0) is 10.0 Å². The number of rotatable bonds is 4. The summed E-state index contributed by atoms with van der Waals surface area (Å²) in [5, 5.41) is 0. The molecule has 0 unspecified atom stereocenters. The molecule has 0 aliphatic rings. The van der Waals surface area contributed by atoms with Crippen molar-refractivity contribution in [3.63, 3.8) is 0 Å². The predicted octanol–water partition coefficient (Wildman–Crippen LogP) is 1.45. The van der Waals surface area contributed by atoms with Crippen molar-refractivity contribution in [2.24, 2.45) is 0 Å². The molecule has 3 nitrogen and oxygen atoms in total. The molecule has 12 heavy (non-hydrogen) atoms. The van der Waals surface area contributed by atoms with Crippen molar-refractivity contribution < 1.29 is 8.42 Å². The number of nitrogens with zero attached hydrogens (tertiary/aromatic N) is 1. The molecule has 0 bridgehead atoms. The highest BCUT2D eigenvalue weighted by Crippen LogP contribution is 2.11. The van der Waals surface area contributed by atoms with E-state index in [1.54, 1.807) is 11.2 Å². The van der Waals surface area contributed by atoms with Crippen LogP contribution in [0.5, 0.6) is 0 Å². The summed E-state index contributed by atoms with van der Waals surface area (Å²) in [6, 6.07) is 0.102. The van der Waals surface area contributed by atoms with E-state index >= 15 is 0 Å². The van der Waals surface area contributed by atoms with Gasteiger partial charge in [-0.05, 0) is 34.6 Å². The van der Waals surface area contributed by atoms with Crippen molar-refractivity contribution in [2.75, 3.05) is 5.75 Å². The molecule has 0 amide bonds. The molecule has 0 heterocycles. The minimum atomic E-state index is -3.03. The molecule has 0 saturated heterocycles. The van der Waals surface area contributed by atoms with Crippen molar-refractivity contribution in [3.05, 3.63) is 0 Å². The van der Waals surface area contributed by atoms with Gasteiger partial charge in [-0.2, -0.15) is 4.31 Å². The van der Waals surface area contributed by atoms with E-state index in [0.29, 0.717) is 0 Å². The lowest BCUT2D eigenvalue weighted by atomic mass is 10.3. The van der Waals surface area contributed by atoms with Gasteiger partial charge in [-0.1, -0.05) is 0 Å². The van der Waals surface area contributed by atoms with Crippen LogP contribution in [0, 0.1) is 0 Å². The first-order valence-corrected chi connectivity index (χ1v) is 5.95. The molecular formula is C8H19NO2S. The molecule has 0 rings (SSSR count). The lowest BCUT2D eigenvalue weighted by Crippen LogP contribution is -2.42. The van der Waals surface area contributed by atoms with Crippen LogP contribution < -0.4 is 0 Å². The Morgan fingerprint density at radius 2 is 1.42 bits per heavy atom. The minimum Gasteiger partial charge on any atom is -0.212 e. The highest BCUT2D eigenvalue weighted by Gasteiger charge is 2.25. The van der Waals surface area contributed by atoms with E-state index in [1.165, 1.54) is 0 Å². The van der Waals surface area contributed by atoms with Crippen LogP contribution in [0.15, 0.2) is 0 Å². The van der Waals surface area contributed by atoms with Crippen LogP contribution in [0.1, 0.15) is 34.6 Å². The Bertz CT molecular complexity index is 211. The van der Waals surface area contributed by atoms with E-state index in [-0.39, 0.29) is 17.8 Å². The van der Waals surface area contributed by atoms with Gasteiger partial charge in [0.25, 0.3) is 0 Å².